The molecule has 0 saturated heterocycles. The summed E-state index contributed by atoms with van der Waals surface area (Å²) in [6.45, 7) is 8.08. The molecule has 16 aromatic carbocycles. The van der Waals surface area contributed by atoms with Gasteiger partial charge in [0.05, 0.1) is 22.8 Å². The quantitative estimate of drug-likeness (QED) is 0.119. The van der Waals surface area contributed by atoms with E-state index in [0.29, 0.717) is 0 Å². The van der Waals surface area contributed by atoms with Gasteiger partial charge in [-0.25, -0.2) is 39.9 Å². The van der Waals surface area contributed by atoms with Crippen LogP contribution in [0.25, 0.3) is 216 Å². The third-order valence-electron chi connectivity index (χ3n) is 23.1. The second-order valence-electron chi connectivity index (χ2n) is 31.8. The Labute approximate surface area is 758 Å². The molecule has 0 unspecified atom stereocenters. The first-order valence-electron chi connectivity index (χ1n) is 42.7. The van der Waals surface area contributed by atoms with Gasteiger partial charge in [0.2, 0.25) is 0 Å². The summed E-state index contributed by atoms with van der Waals surface area (Å²) in [5.74, 6) is 3.05. The Balaban J connectivity index is 0.000000104. The molecule has 12 heteroatoms. The highest BCUT2D eigenvalue weighted by Crippen LogP contribution is 2.45. The number of benzene rings is 16. The molecule has 0 atom stereocenters. The maximum atomic E-state index is 4.85. The molecule has 128 heavy (non-hydrogen) atoms. The van der Waals surface area contributed by atoms with E-state index in [1.807, 2.05) is 213 Å². The molecular formula is C116H80N8S4. The van der Waals surface area contributed by atoms with Crippen LogP contribution in [0.2, 0.25) is 0 Å². The molecule has 0 bridgehead atoms. The Bertz CT molecular complexity index is 8170. The van der Waals surface area contributed by atoms with Gasteiger partial charge in [-0.05, 0) is 145 Å². The van der Waals surface area contributed by atoms with Crippen LogP contribution in [0.3, 0.4) is 0 Å². The molecule has 24 aromatic rings. The molecule has 0 amide bonds. The minimum Gasteiger partial charge on any atom is -0.233 e. The monoisotopic (exact) mass is 1710 g/mol. The predicted octanol–water partition coefficient (Wildman–Crippen LogP) is 32.6. The molecule has 24 rings (SSSR count). The molecule has 0 fully saturated rings. The van der Waals surface area contributed by atoms with Gasteiger partial charge < -0.3 is 0 Å². The van der Waals surface area contributed by atoms with Crippen LogP contribution in [-0.4, -0.2) is 39.9 Å². The van der Waals surface area contributed by atoms with Crippen LogP contribution in [0, 0.1) is 27.7 Å². The molecule has 0 aliphatic rings. The zero-order chi connectivity index (χ0) is 86.0. The van der Waals surface area contributed by atoms with E-state index in [0.717, 1.165) is 113 Å². The highest BCUT2D eigenvalue weighted by molar-refractivity contribution is 7.27. The average molecular weight is 1710 g/mol. The van der Waals surface area contributed by atoms with Gasteiger partial charge in [-0.1, -0.05) is 340 Å². The molecule has 0 aliphatic carbocycles. The highest BCUT2D eigenvalue weighted by Gasteiger charge is 2.18. The molecular weight excluding hydrogens is 1630 g/mol. The predicted molar refractivity (Wildman–Crippen MR) is 544 cm³/mol. The Morgan fingerprint density at radius 3 is 0.883 bits per heavy atom. The third-order valence-corrected chi connectivity index (χ3v) is 27.8. The molecule has 0 radical (unpaired) electrons. The number of rotatable bonds is 12. The summed E-state index contributed by atoms with van der Waals surface area (Å²) in [6, 6.07) is 145. The van der Waals surface area contributed by atoms with Gasteiger partial charge in [-0.15, -0.1) is 45.3 Å². The van der Waals surface area contributed by atoms with Crippen molar-refractivity contribution in [3.8, 4) is 135 Å². The van der Waals surface area contributed by atoms with Crippen LogP contribution in [0.4, 0.5) is 0 Å². The highest BCUT2D eigenvalue weighted by atomic mass is 32.1. The zero-order valence-electron chi connectivity index (χ0n) is 70.5. The van der Waals surface area contributed by atoms with Gasteiger partial charge in [0.25, 0.3) is 0 Å². The molecule has 0 saturated carbocycles. The number of aryl methyl sites for hydroxylation is 4. The number of thiophene rings is 4. The standard InChI is InChI=1S/4C29H20N2S/c1-19-18-26(31-29(30-19)22-8-3-2-4-9-22)21-16-14-20(15-17-21)23-11-7-12-25-24-10-5-6-13-27(24)32-28(23)25;1-19-18-25(31-29(30-19)22-8-3-2-4-9-22)21-16-14-20(15-17-21)23-11-7-13-27-28(23)24-10-5-6-12-26(24)32-27;1-19-17-26(31-29(30-19)22-7-3-2-4-8-22)21-13-11-20(12-14-21)23-15-16-28-25(18-23)24-9-5-6-10-27(24)32-28;1-19-17-26(31-29(30-19)22-7-3-2-4-8-22)21-13-11-20(12-14-21)23-15-16-25-24-9-5-6-10-27(24)32-28(25)18-23/h4*2-18H,1H3. The second-order valence-corrected chi connectivity index (χ2v) is 36.1. The van der Waals surface area contributed by atoms with E-state index in [-0.39, 0.29) is 0 Å². The topological polar surface area (TPSA) is 103 Å². The minimum atomic E-state index is 0.763. The SMILES string of the molecule is Cc1cc(-c2ccc(-c3ccc4c(c3)sc3ccccc34)cc2)nc(-c2ccccc2)n1.Cc1cc(-c2ccc(-c3ccc4sc5ccccc5c4c3)cc2)nc(-c2ccccc2)n1.Cc1cc(-c2ccc(-c3cccc4c3sc3ccccc34)cc2)nc(-c2ccccc2)n1.Cc1cc(-c2ccc(-c3cccc4sc5ccccc5c34)cc2)nc(-c2ccccc2)n1. The lowest BCUT2D eigenvalue weighted by Crippen LogP contribution is -1.95. The molecule has 8 aromatic heterocycles. The first kappa shape index (κ1) is 79.9. The molecule has 0 spiro atoms. The van der Waals surface area contributed by atoms with Crippen molar-refractivity contribution < 1.29 is 0 Å². The Hall–Kier alpha value is -15.3. The minimum absolute atomic E-state index is 0.763. The Morgan fingerprint density at radius 2 is 0.438 bits per heavy atom. The Morgan fingerprint density at radius 1 is 0.156 bits per heavy atom. The zero-order valence-corrected chi connectivity index (χ0v) is 73.7. The maximum absolute atomic E-state index is 4.85. The van der Waals surface area contributed by atoms with Crippen molar-refractivity contribution >= 4 is 126 Å². The molecule has 0 N–H and O–H groups in total. The van der Waals surface area contributed by atoms with Crippen LogP contribution in [-0.2, 0) is 0 Å². The fourth-order valence-corrected chi connectivity index (χ4v) is 21.4. The largest absolute Gasteiger partial charge is 0.233 e. The van der Waals surface area contributed by atoms with Crippen LogP contribution >= 0.6 is 45.3 Å². The summed E-state index contributed by atoms with van der Waals surface area (Å²) in [4.78, 5) is 37.9. The van der Waals surface area contributed by atoms with Crippen molar-refractivity contribution in [2.45, 2.75) is 27.7 Å². The van der Waals surface area contributed by atoms with E-state index in [1.54, 1.807) is 0 Å². The lowest BCUT2D eigenvalue weighted by molar-refractivity contribution is 1.11. The molecule has 608 valence electrons. The lowest BCUT2D eigenvalue weighted by Gasteiger charge is -2.09. The van der Waals surface area contributed by atoms with E-state index >= 15 is 0 Å². The first-order chi connectivity index (χ1) is 63.0. The lowest BCUT2D eigenvalue weighted by atomic mass is 9.98. The van der Waals surface area contributed by atoms with E-state index in [4.69, 9.17) is 19.9 Å². The number of nitrogens with zero attached hydrogens (tertiary/aromatic N) is 8. The van der Waals surface area contributed by atoms with Gasteiger partial charge in [0, 0.05) is 148 Å². The van der Waals surface area contributed by atoms with E-state index in [2.05, 4.69) is 293 Å². The van der Waals surface area contributed by atoms with E-state index in [9.17, 15) is 0 Å². The maximum Gasteiger partial charge on any atom is 0.160 e. The number of aromatic nitrogens is 8. The Kier molecular flexibility index (Phi) is 22.1. The summed E-state index contributed by atoms with van der Waals surface area (Å²) < 4.78 is 10.7. The van der Waals surface area contributed by atoms with Crippen LogP contribution in [0.1, 0.15) is 22.8 Å². The molecule has 0 aliphatic heterocycles. The van der Waals surface area contributed by atoms with Gasteiger partial charge in [0.1, 0.15) is 0 Å². The van der Waals surface area contributed by atoms with Crippen molar-refractivity contribution in [1.29, 1.82) is 0 Å². The number of hydrogen-bond donors (Lipinski definition) is 0. The van der Waals surface area contributed by atoms with E-state index in [1.165, 1.54) is 125 Å². The van der Waals surface area contributed by atoms with Crippen LogP contribution in [0.5, 0.6) is 0 Å². The molecule has 8 heterocycles. The fraction of sp³-hybridized carbons (Fsp3) is 0.0345. The van der Waals surface area contributed by atoms with Gasteiger partial charge >= 0.3 is 0 Å². The average Bonchev–Trinajstić information content (AvgIpc) is 1.61. The summed E-state index contributed by atoms with van der Waals surface area (Å²) in [5, 5.41) is 10.6. The van der Waals surface area contributed by atoms with Crippen LogP contribution in [0.15, 0.2) is 413 Å². The van der Waals surface area contributed by atoms with Gasteiger partial charge in [-0.2, -0.15) is 0 Å². The van der Waals surface area contributed by atoms with E-state index < -0.39 is 0 Å². The van der Waals surface area contributed by atoms with Crippen LogP contribution < -0.4 is 0 Å². The normalized spacial score (nSPS) is 11.3. The van der Waals surface area contributed by atoms with Crippen molar-refractivity contribution in [3.63, 3.8) is 0 Å². The number of hydrogen-bond acceptors (Lipinski definition) is 12. The second kappa shape index (κ2) is 35.4. The van der Waals surface area contributed by atoms with Gasteiger partial charge in [0.15, 0.2) is 23.3 Å². The molecule has 8 nitrogen and oxygen atoms in total. The fourth-order valence-electron chi connectivity index (χ4n) is 16.8. The van der Waals surface area contributed by atoms with Crippen molar-refractivity contribution in [2.75, 3.05) is 0 Å². The first-order valence-corrected chi connectivity index (χ1v) is 46.0. The van der Waals surface area contributed by atoms with Gasteiger partial charge in [-0.3, -0.25) is 0 Å². The summed E-state index contributed by atoms with van der Waals surface area (Å²) in [6.07, 6.45) is 0. The summed E-state index contributed by atoms with van der Waals surface area (Å²) in [5.41, 5.74) is 26.0. The van der Waals surface area contributed by atoms with Crippen molar-refractivity contribution in [1.82, 2.24) is 39.9 Å². The number of fused-ring (bicyclic) bond motifs is 12. The smallest absolute Gasteiger partial charge is 0.160 e. The summed E-state index contributed by atoms with van der Waals surface area (Å²) in [7, 11) is 0. The van der Waals surface area contributed by atoms with Crippen molar-refractivity contribution in [2.24, 2.45) is 0 Å². The van der Waals surface area contributed by atoms with Crippen molar-refractivity contribution in [3.05, 3.63) is 435 Å². The third kappa shape index (κ3) is 16.7. The summed E-state index contributed by atoms with van der Waals surface area (Å²) >= 11 is 7.43.